The quantitative estimate of drug-likeness (QED) is 0.382. The molecule has 1 aromatic carbocycles. The van der Waals surface area contributed by atoms with Gasteiger partial charge in [0.15, 0.2) is 0 Å². The van der Waals surface area contributed by atoms with Gasteiger partial charge in [-0.2, -0.15) is 26.3 Å². The van der Waals surface area contributed by atoms with Crippen LogP contribution >= 0.6 is 0 Å². The predicted molar refractivity (Wildman–Crippen MR) is 110 cm³/mol. The van der Waals surface area contributed by atoms with Gasteiger partial charge in [0.25, 0.3) is 0 Å². The molecule has 0 saturated heterocycles. The van der Waals surface area contributed by atoms with Crippen LogP contribution in [-0.2, 0) is 12.6 Å². The Kier molecular flexibility index (Phi) is 6.26. The van der Waals surface area contributed by atoms with E-state index in [0.29, 0.717) is 24.0 Å². The van der Waals surface area contributed by atoms with Crippen molar-refractivity contribution in [2.45, 2.75) is 63.0 Å². The van der Waals surface area contributed by atoms with Gasteiger partial charge in [0.1, 0.15) is 5.69 Å². The SMILES string of the molecule is O[C@@H]1CCCCC(Nc2nnc(-c3ccc(C(F)(F)F)cc3CC(F)(F)F)c3cccn23)C1. The number of hydrogen-bond acceptors (Lipinski definition) is 4. The van der Waals surface area contributed by atoms with Crippen LogP contribution in [0.25, 0.3) is 16.8 Å². The zero-order valence-corrected chi connectivity index (χ0v) is 17.4. The van der Waals surface area contributed by atoms with Crippen molar-refractivity contribution < 1.29 is 31.4 Å². The van der Waals surface area contributed by atoms with Gasteiger partial charge in [0.05, 0.1) is 23.6 Å². The summed E-state index contributed by atoms with van der Waals surface area (Å²) < 4.78 is 80.5. The summed E-state index contributed by atoms with van der Waals surface area (Å²) in [7, 11) is 0. The number of nitrogens with zero attached hydrogens (tertiary/aromatic N) is 3. The lowest BCUT2D eigenvalue weighted by Crippen LogP contribution is -2.25. The van der Waals surface area contributed by atoms with E-state index >= 15 is 0 Å². The monoisotopic (exact) mass is 472 g/mol. The zero-order chi connectivity index (χ0) is 23.8. The molecular weight excluding hydrogens is 450 g/mol. The molecule has 0 aliphatic heterocycles. The summed E-state index contributed by atoms with van der Waals surface area (Å²) in [4.78, 5) is 0. The molecule has 2 atom stereocenters. The first-order chi connectivity index (χ1) is 15.5. The summed E-state index contributed by atoms with van der Waals surface area (Å²) in [5.41, 5.74) is -1.28. The Morgan fingerprint density at radius 3 is 2.52 bits per heavy atom. The highest BCUT2D eigenvalue weighted by atomic mass is 19.4. The van der Waals surface area contributed by atoms with Gasteiger partial charge in [-0.1, -0.05) is 18.9 Å². The van der Waals surface area contributed by atoms with Gasteiger partial charge in [-0.05, 0) is 49.1 Å². The van der Waals surface area contributed by atoms with Crippen molar-refractivity contribution in [3.8, 4) is 11.3 Å². The molecule has 1 aliphatic rings. The number of benzene rings is 1. The van der Waals surface area contributed by atoms with Gasteiger partial charge in [-0.15, -0.1) is 10.2 Å². The Labute approximate surface area is 185 Å². The second-order valence-electron chi connectivity index (χ2n) is 8.31. The third-order valence-corrected chi connectivity index (χ3v) is 5.77. The number of aliphatic hydroxyl groups excluding tert-OH is 1. The Morgan fingerprint density at radius 2 is 1.79 bits per heavy atom. The number of rotatable bonds is 4. The van der Waals surface area contributed by atoms with E-state index in [1.54, 1.807) is 22.7 Å². The average molecular weight is 472 g/mol. The molecule has 33 heavy (non-hydrogen) atoms. The topological polar surface area (TPSA) is 62.5 Å². The Balaban J connectivity index is 1.75. The van der Waals surface area contributed by atoms with Crippen LogP contribution in [0.5, 0.6) is 0 Å². The van der Waals surface area contributed by atoms with Gasteiger partial charge in [-0.3, -0.25) is 4.40 Å². The molecule has 1 fully saturated rings. The smallest absolute Gasteiger partial charge is 0.393 e. The highest BCUT2D eigenvalue weighted by molar-refractivity contribution is 5.80. The number of hydrogen-bond donors (Lipinski definition) is 2. The van der Waals surface area contributed by atoms with Crippen LogP contribution in [0.15, 0.2) is 36.5 Å². The Hall–Kier alpha value is -2.82. The van der Waals surface area contributed by atoms with Crippen LogP contribution in [0.4, 0.5) is 32.3 Å². The molecule has 2 heterocycles. The molecule has 3 aromatic rings. The number of alkyl halides is 6. The number of anilines is 1. The lowest BCUT2D eigenvalue weighted by molar-refractivity contribution is -0.138. The third kappa shape index (κ3) is 5.40. The summed E-state index contributed by atoms with van der Waals surface area (Å²) in [6.07, 6.45) is -5.87. The maximum Gasteiger partial charge on any atom is 0.416 e. The highest BCUT2D eigenvalue weighted by Crippen LogP contribution is 2.37. The molecule has 4 rings (SSSR count). The Morgan fingerprint density at radius 1 is 1.03 bits per heavy atom. The summed E-state index contributed by atoms with van der Waals surface area (Å²) in [5, 5.41) is 21.5. The molecular formula is C22H22F6N4O. The van der Waals surface area contributed by atoms with Crippen LogP contribution in [0.3, 0.4) is 0 Å². The number of aromatic nitrogens is 3. The maximum absolute atomic E-state index is 13.2. The number of nitrogens with one attached hydrogen (secondary N) is 1. The third-order valence-electron chi connectivity index (χ3n) is 5.77. The molecule has 5 nitrogen and oxygen atoms in total. The fourth-order valence-electron chi connectivity index (χ4n) is 4.26. The number of halogens is 6. The molecule has 1 saturated carbocycles. The molecule has 11 heteroatoms. The molecule has 0 radical (unpaired) electrons. The van der Waals surface area contributed by atoms with E-state index in [-0.39, 0.29) is 17.3 Å². The van der Waals surface area contributed by atoms with Crippen LogP contribution in [0.2, 0.25) is 0 Å². The van der Waals surface area contributed by atoms with E-state index in [1.165, 1.54) is 0 Å². The largest absolute Gasteiger partial charge is 0.416 e. The molecule has 1 aliphatic carbocycles. The lowest BCUT2D eigenvalue weighted by Gasteiger charge is -2.20. The first-order valence-corrected chi connectivity index (χ1v) is 10.6. The van der Waals surface area contributed by atoms with Crippen molar-refractivity contribution in [2.75, 3.05) is 5.32 Å². The molecule has 178 valence electrons. The molecule has 1 unspecified atom stereocenters. The van der Waals surface area contributed by atoms with Crippen molar-refractivity contribution in [2.24, 2.45) is 0 Å². The van der Waals surface area contributed by atoms with Crippen LogP contribution in [0.1, 0.15) is 43.2 Å². The van der Waals surface area contributed by atoms with Crippen molar-refractivity contribution >= 4 is 11.5 Å². The van der Waals surface area contributed by atoms with Crippen LogP contribution < -0.4 is 5.32 Å². The van der Waals surface area contributed by atoms with E-state index < -0.39 is 36.0 Å². The summed E-state index contributed by atoms with van der Waals surface area (Å²) in [6.45, 7) is 0. The highest BCUT2D eigenvalue weighted by Gasteiger charge is 2.34. The van der Waals surface area contributed by atoms with Crippen LogP contribution in [-0.4, -0.2) is 38.0 Å². The maximum atomic E-state index is 13.2. The number of fused-ring (bicyclic) bond motifs is 1. The molecule has 2 aromatic heterocycles. The van der Waals surface area contributed by atoms with E-state index in [0.717, 1.165) is 37.8 Å². The molecule has 2 N–H and O–H groups in total. The standard InChI is InChI=1S/C22H22F6N4O/c23-21(24,25)12-13-10-14(22(26,27)28)7-8-17(13)19-18-6-3-9-32(18)20(31-30-19)29-15-4-1-2-5-16(33)11-15/h3,6-10,15-16,33H,1-2,4-5,11-12H2,(H,29,31)/t15?,16-/m1/s1. The average Bonchev–Trinajstić information content (AvgIpc) is 3.11. The fraction of sp³-hybridized carbons (Fsp3) is 0.455. The minimum atomic E-state index is -4.77. The van der Waals surface area contributed by atoms with Crippen molar-refractivity contribution in [1.82, 2.24) is 14.6 Å². The van der Waals surface area contributed by atoms with E-state index in [9.17, 15) is 31.4 Å². The molecule has 0 bridgehead atoms. The van der Waals surface area contributed by atoms with Crippen LogP contribution in [0, 0.1) is 0 Å². The second-order valence-corrected chi connectivity index (χ2v) is 8.31. The summed E-state index contributed by atoms with van der Waals surface area (Å²) in [5.74, 6) is 0.349. The van der Waals surface area contributed by atoms with Crippen molar-refractivity contribution in [1.29, 1.82) is 0 Å². The van der Waals surface area contributed by atoms with E-state index in [4.69, 9.17) is 0 Å². The molecule has 0 amide bonds. The summed E-state index contributed by atoms with van der Waals surface area (Å²) >= 11 is 0. The van der Waals surface area contributed by atoms with Gasteiger partial charge >= 0.3 is 12.4 Å². The number of aliphatic hydroxyl groups is 1. The van der Waals surface area contributed by atoms with E-state index in [1.807, 2.05) is 0 Å². The van der Waals surface area contributed by atoms with Gasteiger partial charge < -0.3 is 10.4 Å². The zero-order valence-electron chi connectivity index (χ0n) is 17.4. The van der Waals surface area contributed by atoms with Gasteiger partial charge in [0, 0.05) is 17.8 Å². The minimum absolute atomic E-state index is 0.0550. The minimum Gasteiger partial charge on any atom is -0.393 e. The fourth-order valence-corrected chi connectivity index (χ4v) is 4.26. The van der Waals surface area contributed by atoms with Crippen molar-refractivity contribution in [3.05, 3.63) is 47.7 Å². The van der Waals surface area contributed by atoms with E-state index in [2.05, 4.69) is 15.5 Å². The Bertz CT molecular complexity index is 1120. The van der Waals surface area contributed by atoms with Gasteiger partial charge in [0.2, 0.25) is 5.95 Å². The second kappa shape index (κ2) is 8.85. The first-order valence-electron chi connectivity index (χ1n) is 10.6. The first kappa shape index (κ1) is 23.3. The normalized spacial score (nSPS) is 20.1. The summed E-state index contributed by atoms with van der Waals surface area (Å²) in [6, 6.07) is 5.49. The van der Waals surface area contributed by atoms with Crippen molar-refractivity contribution in [3.63, 3.8) is 0 Å². The lowest BCUT2D eigenvalue weighted by atomic mass is 9.98. The van der Waals surface area contributed by atoms with Gasteiger partial charge in [-0.25, -0.2) is 0 Å². The predicted octanol–water partition coefficient (Wildman–Crippen LogP) is 5.63. The molecule has 0 spiro atoms.